The molecule has 0 bridgehead atoms. The van der Waals surface area contributed by atoms with Crippen LogP contribution in [0.5, 0.6) is 5.75 Å². The van der Waals surface area contributed by atoms with Crippen molar-refractivity contribution >= 4 is 32.4 Å². The molecule has 3 aromatic carbocycles. The Morgan fingerprint density at radius 3 is 2.45 bits per heavy atom. The number of anilines is 1. The molecule has 0 saturated heterocycles. The lowest BCUT2D eigenvalue weighted by Crippen LogP contribution is -2.45. The van der Waals surface area contributed by atoms with Gasteiger partial charge in [-0.05, 0) is 42.3 Å². The van der Waals surface area contributed by atoms with Crippen LogP contribution < -0.4 is 14.8 Å². The highest BCUT2D eigenvalue weighted by atomic mass is 32.2. The molecule has 0 aliphatic carbocycles. The second kappa shape index (κ2) is 11.3. The number of nitrogens with zero attached hydrogens (tertiary/aromatic N) is 2. The highest BCUT2D eigenvalue weighted by Gasteiger charge is 2.33. The minimum atomic E-state index is -4.73. The van der Waals surface area contributed by atoms with Crippen LogP contribution in [0.2, 0.25) is 0 Å². The summed E-state index contributed by atoms with van der Waals surface area (Å²) < 4.78 is 72.9. The van der Waals surface area contributed by atoms with E-state index in [2.05, 4.69) is 20.2 Å². The zero-order valence-corrected chi connectivity index (χ0v) is 21.4. The molecule has 13 heteroatoms. The Labute approximate surface area is 220 Å². The number of aromatic nitrogens is 2. The number of rotatable bonds is 9. The number of halogens is 3. The molecule has 0 aliphatic rings. The molecule has 4 rings (SSSR count). The van der Waals surface area contributed by atoms with Crippen molar-refractivity contribution in [2.75, 3.05) is 12.4 Å². The molecular weight excluding hydrogens is 541 g/mol. The summed E-state index contributed by atoms with van der Waals surface area (Å²) >= 11 is 1.06. The molecular formula is C25H21F3N4O4S2. The summed E-state index contributed by atoms with van der Waals surface area (Å²) in [5, 5.41) is 11.2. The van der Waals surface area contributed by atoms with E-state index < -0.39 is 38.6 Å². The van der Waals surface area contributed by atoms with Crippen molar-refractivity contribution in [3.8, 4) is 16.3 Å². The van der Waals surface area contributed by atoms with Gasteiger partial charge in [-0.2, -0.15) is 17.9 Å². The number of hydrogen-bond acceptors (Lipinski definition) is 7. The van der Waals surface area contributed by atoms with E-state index in [0.717, 1.165) is 29.5 Å². The highest BCUT2D eigenvalue weighted by molar-refractivity contribution is 7.89. The third-order valence-electron chi connectivity index (χ3n) is 5.34. The average molecular weight is 563 g/mol. The second-order valence-corrected chi connectivity index (χ2v) is 10.7. The number of amides is 1. The molecule has 0 spiro atoms. The summed E-state index contributed by atoms with van der Waals surface area (Å²) in [6.45, 7) is 0. The molecule has 0 aliphatic heterocycles. The zero-order chi connectivity index (χ0) is 27.3. The van der Waals surface area contributed by atoms with Gasteiger partial charge < -0.3 is 4.74 Å². The van der Waals surface area contributed by atoms with Gasteiger partial charge in [-0.15, -0.1) is 10.2 Å². The number of hydrogen-bond donors (Lipinski definition) is 2. The maximum atomic E-state index is 13.2. The van der Waals surface area contributed by atoms with Crippen molar-refractivity contribution in [1.82, 2.24) is 14.9 Å². The summed E-state index contributed by atoms with van der Waals surface area (Å²) in [7, 11) is -2.98. The van der Waals surface area contributed by atoms with Gasteiger partial charge in [0, 0.05) is 5.56 Å². The number of benzene rings is 3. The topological polar surface area (TPSA) is 110 Å². The molecule has 8 nitrogen and oxygen atoms in total. The number of carbonyl (C=O) groups excluding carboxylic acids is 1. The molecule has 0 fully saturated rings. The van der Waals surface area contributed by atoms with Crippen LogP contribution >= 0.6 is 11.3 Å². The SMILES string of the molecule is COc1cccc(-c2nnc(NC(=O)C(Cc3ccccc3)NS(=O)(=O)c3cccc(C(F)(F)F)c3)s2)c1. The predicted molar refractivity (Wildman–Crippen MR) is 136 cm³/mol. The highest BCUT2D eigenvalue weighted by Crippen LogP contribution is 2.31. The Hall–Kier alpha value is -3.81. The van der Waals surface area contributed by atoms with Crippen molar-refractivity contribution in [3.05, 3.63) is 90.0 Å². The third kappa shape index (κ3) is 6.73. The molecule has 1 aromatic heterocycles. The lowest BCUT2D eigenvalue weighted by atomic mass is 10.1. The first-order valence-electron chi connectivity index (χ1n) is 11.1. The quantitative estimate of drug-likeness (QED) is 0.304. The molecule has 1 amide bonds. The summed E-state index contributed by atoms with van der Waals surface area (Å²) in [6, 6.07) is 17.6. The van der Waals surface area contributed by atoms with Gasteiger partial charge in [-0.1, -0.05) is 59.9 Å². The summed E-state index contributed by atoms with van der Waals surface area (Å²) in [4.78, 5) is 12.6. The van der Waals surface area contributed by atoms with Gasteiger partial charge >= 0.3 is 6.18 Å². The van der Waals surface area contributed by atoms with Crippen LogP contribution in [0.1, 0.15) is 11.1 Å². The second-order valence-electron chi connectivity index (χ2n) is 8.02. The fourth-order valence-corrected chi connectivity index (χ4v) is 5.46. The van der Waals surface area contributed by atoms with Crippen molar-refractivity contribution in [2.45, 2.75) is 23.5 Å². The van der Waals surface area contributed by atoms with Gasteiger partial charge in [-0.3, -0.25) is 10.1 Å². The molecule has 0 saturated carbocycles. The van der Waals surface area contributed by atoms with E-state index in [-0.39, 0.29) is 11.6 Å². The molecule has 0 radical (unpaired) electrons. The third-order valence-corrected chi connectivity index (χ3v) is 7.70. The van der Waals surface area contributed by atoms with Crippen molar-refractivity contribution < 1.29 is 31.1 Å². The van der Waals surface area contributed by atoms with Gasteiger partial charge in [0.25, 0.3) is 0 Å². The van der Waals surface area contributed by atoms with E-state index in [9.17, 15) is 26.4 Å². The van der Waals surface area contributed by atoms with Gasteiger partial charge in [0.05, 0.1) is 17.6 Å². The summed E-state index contributed by atoms with van der Waals surface area (Å²) in [6.07, 6.45) is -4.79. The monoisotopic (exact) mass is 562 g/mol. The van der Waals surface area contributed by atoms with Crippen molar-refractivity contribution in [2.24, 2.45) is 0 Å². The number of alkyl halides is 3. The van der Waals surface area contributed by atoms with Crippen LogP contribution in [-0.2, 0) is 27.4 Å². The zero-order valence-electron chi connectivity index (χ0n) is 19.8. The van der Waals surface area contributed by atoms with Gasteiger partial charge in [0.15, 0.2) is 0 Å². The molecule has 2 N–H and O–H groups in total. The Kier molecular flexibility index (Phi) is 8.09. The Bertz CT molecular complexity index is 1530. The minimum absolute atomic E-state index is 0.0631. The normalized spacial score (nSPS) is 12.6. The smallest absolute Gasteiger partial charge is 0.416 e. The van der Waals surface area contributed by atoms with E-state index in [1.165, 1.54) is 7.11 Å². The lowest BCUT2D eigenvalue weighted by Gasteiger charge is -2.18. The van der Waals surface area contributed by atoms with Crippen LogP contribution in [0.3, 0.4) is 0 Å². The summed E-state index contributed by atoms with van der Waals surface area (Å²) in [5.41, 5.74) is 0.213. The number of methoxy groups -OCH3 is 1. The fourth-order valence-electron chi connectivity index (χ4n) is 3.47. The van der Waals surface area contributed by atoms with Gasteiger partial charge in [0.1, 0.15) is 16.8 Å². The predicted octanol–water partition coefficient (Wildman–Crippen LogP) is 4.76. The summed E-state index contributed by atoms with van der Waals surface area (Å²) in [5.74, 6) is -0.145. The van der Waals surface area contributed by atoms with E-state index in [1.807, 2.05) is 0 Å². The first kappa shape index (κ1) is 27.2. The molecule has 1 atom stereocenters. The lowest BCUT2D eigenvalue weighted by molar-refractivity contribution is -0.137. The molecule has 1 heterocycles. The van der Waals surface area contributed by atoms with Crippen molar-refractivity contribution in [3.63, 3.8) is 0 Å². The number of carbonyl (C=O) groups is 1. The van der Waals surface area contributed by atoms with Crippen LogP contribution in [-0.4, -0.2) is 37.7 Å². The van der Waals surface area contributed by atoms with Crippen LogP contribution in [0.25, 0.3) is 10.6 Å². The standard InChI is InChI=1S/C25H21F3N4O4S2/c1-36-19-11-5-9-17(14-19)23-30-31-24(37-23)29-22(33)21(13-16-7-3-2-4-8-16)32-38(34,35)20-12-6-10-18(15-20)25(26,27)28/h2-12,14-15,21,32H,13H2,1H3,(H,29,31,33). The van der Waals surface area contributed by atoms with Crippen LogP contribution in [0.15, 0.2) is 83.8 Å². The Morgan fingerprint density at radius 2 is 1.74 bits per heavy atom. The number of sulfonamides is 1. The van der Waals surface area contributed by atoms with Crippen molar-refractivity contribution in [1.29, 1.82) is 0 Å². The first-order valence-corrected chi connectivity index (χ1v) is 13.4. The average Bonchev–Trinajstić information content (AvgIpc) is 3.37. The van der Waals surface area contributed by atoms with E-state index in [4.69, 9.17) is 4.74 Å². The number of nitrogens with one attached hydrogen (secondary N) is 2. The Balaban J connectivity index is 1.58. The molecule has 4 aromatic rings. The van der Waals surface area contributed by atoms with Crippen LogP contribution in [0, 0.1) is 0 Å². The maximum absolute atomic E-state index is 13.2. The first-order chi connectivity index (χ1) is 18.0. The number of ether oxygens (including phenoxy) is 1. The molecule has 198 valence electrons. The maximum Gasteiger partial charge on any atom is 0.416 e. The fraction of sp³-hybridized carbons (Fsp3) is 0.160. The molecule has 38 heavy (non-hydrogen) atoms. The van der Waals surface area contributed by atoms with E-state index in [0.29, 0.717) is 28.0 Å². The van der Waals surface area contributed by atoms with Gasteiger partial charge in [-0.25, -0.2) is 8.42 Å². The van der Waals surface area contributed by atoms with Crippen LogP contribution in [0.4, 0.5) is 18.3 Å². The Morgan fingerprint density at radius 1 is 1.00 bits per heavy atom. The van der Waals surface area contributed by atoms with Gasteiger partial charge in [0.2, 0.25) is 21.1 Å². The largest absolute Gasteiger partial charge is 0.497 e. The molecule has 1 unspecified atom stereocenters. The van der Waals surface area contributed by atoms with E-state index >= 15 is 0 Å². The van der Waals surface area contributed by atoms with E-state index in [1.54, 1.807) is 54.6 Å². The minimum Gasteiger partial charge on any atom is -0.497 e.